The maximum absolute atomic E-state index is 12.8. The molecule has 5 nitrogen and oxygen atoms in total. The summed E-state index contributed by atoms with van der Waals surface area (Å²) in [6.45, 7) is 0. The van der Waals surface area contributed by atoms with E-state index in [-0.39, 0.29) is 5.91 Å². The number of rotatable bonds is 7. The van der Waals surface area contributed by atoms with E-state index in [4.69, 9.17) is 16.0 Å². The Hall–Kier alpha value is -5.13. The third-order valence-electron chi connectivity index (χ3n) is 6.50. The zero-order valence-electron chi connectivity index (χ0n) is 21.4. The van der Waals surface area contributed by atoms with Crippen molar-refractivity contribution >= 4 is 23.7 Å². The average Bonchev–Trinajstić information content (AvgIpc) is 3.66. The zero-order chi connectivity index (χ0) is 27.3. The van der Waals surface area contributed by atoms with Gasteiger partial charge in [0, 0.05) is 21.8 Å². The molecular weight excluding hydrogens is 518 g/mol. The number of carbonyl (C=O) groups is 1. The van der Waals surface area contributed by atoms with Gasteiger partial charge in [-0.05, 0) is 71.8 Å². The fourth-order valence-electron chi connectivity index (χ4n) is 4.58. The Bertz CT molecular complexity index is 1730. The molecule has 0 atom stereocenters. The van der Waals surface area contributed by atoms with Crippen LogP contribution in [0.15, 0.2) is 143 Å². The normalized spacial score (nSPS) is 11.1. The molecule has 0 radical (unpaired) electrons. The first-order valence-corrected chi connectivity index (χ1v) is 13.2. The van der Waals surface area contributed by atoms with Gasteiger partial charge in [-0.15, -0.1) is 0 Å². The molecule has 0 saturated carbocycles. The fraction of sp³-hybridized carbons (Fsp3) is 0. The van der Waals surface area contributed by atoms with Crippen molar-refractivity contribution in [2.75, 3.05) is 0 Å². The number of hydrazone groups is 1. The van der Waals surface area contributed by atoms with E-state index in [1.54, 1.807) is 24.3 Å². The molecule has 6 heteroatoms. The Kier molecular flexibility index (Phi) is 7.12. The van der Waals surface area contributed by atoms with Crippen molar-refractivity contribution in [1.29, 1.82) is 0 Å². The Balaban J connectivity index is 1.21. The largest absolute Gasteiger partial charge is 0.455 e. The van der Waals surface area contributed by atoms with Gasteiger partial charge in [-0.1, -0.05) is 84.4 Å². The number of nitrogens with one attached hydrogen (secondary N) is 1. The lowest BCUT2D eigenvalue weighted by atomic mass is 10.1. The van der Waals surface area contributed by atoms with E-state index in [0.29, 0.717) is 22.1 Å². The SMILES string of the molecule is O=C(N/N=C\c1ccc(-c2cccc(Cl)c2)o1)c1ccc(-n2c(-c3ccccc3)ccc2-c2ccccc2)cc1. The highest BCUT2D eigenvalue weighted by Crippen LogP contribution is 2.32. The third-order valence-corrected chi connectivity index (χ3v) is 6.74. The molecule has 0 aliphatic rings. The van der Waals surface area contributed by atoms with Crippen molar-refractivity contribution in [1.82, 2.24) is 9.99 Å². The summed E-state index contributed by atoms with van der Waals surface area (Å²) in [6.07, 6.45) is 1.47. The number of hydrogen-bond acceptors (Lipinski definition) is 3. The minimum absolute atomic E-state index is 0.316. The van der Waals surface area contributed by atoms with Gasteiger partial charge in [0.15, 0.2) is 0 Å². The van der Waals surface area contributed by atoms with Crippen molar-refractivity contribution in [2.24, 2.45) is 5.10 Å². The molecule has 0 aliphatic carbocycles. The summed E-state index contributed by atoms with van der Waals surface area (Å²) in [7, 11) is 0. The number of carbonyl (C=O) groups excluding carboxylic acids is 1. The van der Waals surface area contributed by atoms with Crippen LogP contribution in [0.25, 0.3) is 39.5 Å². The first-order valence-electron chi connectivity index (χ1n) is 12.8. The number of hydrogen-bond donors (Lipinski definition) is 1. The molecule has 1 amide bonds. The molecule has 0 spiro atoms. The van der Waals surface area contributed by atoms with Gasteiger partial charge in [-0.3, -0.25) is 4.79 Å². The predicted molar refractivity (Wildman–Crippen MR) is 161 cm³/mol. The van der Waals surface area contributed by atoms with Gasteiger partial charge in [-0.25, -0.2) is 5.43 Å². The summed E-state index contributed by atoms with van der Waals surface area (Å²) in [6, 6.07) is 43.3. The van der Waals surface area contributed by atoms with E-state index in [9.17, 15) is 4.79 Å². The van der Waals surface area contributed by atoms with Crippen LogP contribution in [0.5, 0.6) is 0 Å². The predicted octanol–water partition coefficient (Wildman–Crippen LogP) is 8.49. The van der Waals surface area contributed by atoms with Gasteiger partial charge in [0.05, 0.1) is 17.6 Å². The lowest BCUT2D eigenvalue weighted by Crippen LogP contribution is -2.17. The molecule has 194 valence electrons. The van der Waals surface area contributed by atoms with Crippen molar-refractivity contribution in [2.45, 2.75) is 0 Å². The van der Waals surface area contributed by atoms with E-state index in [1.807, 2.05) is 72.8 Å². The number of amides is 1. The molecule has 1 N–H and O–H groups in total. The summed E-state index contributed by atoms with van der Waals surface area (Å²) < 4.78 is 8.01. The highest BCUT2D eigenvalue weighted by Gasteiger charge is 2.14. The lowest BCUT2D eigenvalue weighted by Gasteiger charge is -2.15. The van der Waals surface area contributed by atoms with Crippen LogP contribution in [0.1, 0.15) is 16.1 Å². The van der Waals surface area contributed by atoms with Crippen LogP contribution in [0, 0.1) is 0 Å². The number of furan rings is 1. The fourth-order valence-corrected chi connectivity index (χ4v) is 4.77. The Labute approximate surface area is 237 Å². The molecule has 40 heavy (non-hydrogen) atoms. The third kappa shape index (κ3) is 5.37. The highest BCUT2D eigenvalue weighted by molar-refractivity contribution is 6.30. The Morgan fingerprint density at radius 3 is 1.95 bits per heavy atom. The van der Waals surface area contributed by atoms with E-state index >= 15 is 0 Å². The van der Waals surface area contributed by atoms with Crippen LogP contribution in [0.4, 0.5) is 0 Å². The number of benzene rings is 4. The molecule has 6 aromatic rings. The maximum atomic E-state index is 12.8. The Morgan fingerprint density at radius 1 is 0.700 bits per heavy atom. The van der Waals surface area contributed by atoms with Crippen molar-refractivity contribution in [3.63, 3.8) is 0 Å². The summed E-state index contributed by atoms with van der Waals surface area (Å²) in [5.41, 5.74) is 9.24. The number of halogens is 1. The first kappa shape index (κ1) is 25.2. The van der Waals surface area contributed by atoms with Gasteiger partial charge in [0.2, 0.25) is 0 Å². The van der Waals surface area contributed by atoms with Gasteiger partial charge >= 0.3 is 0 Å². The van der Waals surface area contributed by atoms with Crippen LogP contribution in [-0.2, 0) is 0 Å². The van der Waals surface area contributed by atoms with E-state index in [0.717, 1.165) is 33.8 Å². The summed E-state index contributed by atoms with van der Waals surface area (Å²) in [5.74, 6) is 0.865. The molecule has 2 aromatic heterocycles. The van der Waals surface area contributed by atoms with Crippen LogP contribution in [0.3, 0.4) is 0 Å². The van der Waals surface area contributed by atoms with Crippen LogP contribution in [-0.4, -0.2) is 16.7 Å². The van der Waals surface area contributed by atoms with Gasteiger partial charge < -0.3 is 8.98 Å². The molecule has 2 heterocycles. The van der Waals surface area contributed by atoms with E-state index in [1.165, 1.54) is 6.21 Å². The van der Waals surface area contributed by atoms with Crippen LogP contribution in [0.2, 0.25) is 5.02 Å². The van der Waals surface area contributed by atoms with E-state index < -0.39 is 0 Å². The quantitative estimate of drug-likeness (QED) is 0.163. The molecule has 0 bridgehead atoms. The minimum atomic E-state index is -0.316. The monoisotopic (exact) mass is 541 g/mol. The molecule has 6 rings (SSSR count). The van der Waals surface area contributed by atoms with Crippen molar-refractivity contribution < 1.29 is 9.21 Å². The average molecular weight is 542 g/mol. The van der Waals surface area contributed by atoms with Gasteiger partial charge in [0.25, 0.3) is 5.91 Å². The second-order valence-corrected chi connectivity index (χ2v) is 9.57. The summed E-state index contributed by atoms with van der Waals surface area (Å²) >= 11 is 6.07. The second-order valence-electron chi connectivity index (χ2n) is 9.13. The van der Waals surface area contributed by atoms with Crippen molar-refractivity contribution in [3.05, 3.63) is 150 Å². The Morgan fingerprint density at radius 2 is 1.32 bits per heavy atom. The van der Waals surface area contributed by atoms with Crippen LogP contribution >= 0.6 is 11.6 Å². The first-order chi connectivity index (χ1) is 19.7. The van der Waals surface area contributed by atoms with Gasteiger partial charge in [-0.2, -0.15) is 5.10 Å². The standard InChI is InChI=1S/C34H24ClN3O2/c35-28-13-7-12-27(22-28)33-21-18-30(40-33)23-36-37-34(39)26-14-16-29(17-15-26)38-31(24-8-3-1-4-9-24)19-20-32(38)25-10-5-2-6-11-25/h1-23H,(H,37,39)/b36-23-. The van der Waals surface area contributed by atoms with Crippen molar-refractivity contribution in [3.8, 4) is 39.5 Å². The van der Waals surface area contributed by atoms with E-state index in [2.05, 4.69) is 51.5 Å². The molecule has 0 unspecified atom stereocenters. The van der Waals surface area contributed by atoms with Crippen LogP contribution < -0.4 is 5.43 Å². The smallest absolute Gasteiger partial charge is 0.271 e. The molecule has 0 aliphatic heterocycles. The molecular formula is C34H24ClN3O2. The lowest BCUT2D eigenvalue weighted by molar-refractivity contribution is 0.0955. The van der Waals surface area contributed by atoms with Gasteiger partial charge in [0.1, 0.15) is 11.5 Å². The number of aromatic nitrogens is 1. The highest BCUT2D eigenvalue weighted by atomic mass is 35.5. The zero-order valence-corrected chi connectivity index (χ0v) is 22.1. The molecule has 4 aromatic carbocycles. The maximum Gasteiger partial charge on any atom is 0.271 e. The minimum Gasteiger partial charge on any atom is -0.455 e. The second kappa shape index (κ2) is 11.3. The molecule has 0 fully saturated rings. The number of nitrogens with zero attached hydrogens (tertiary/aromatic N) is 2. The topological polar surface area (TPSA) is 59.5 Å². The molecule has 0 saturated heterocycles. The summed E-state index contributed by atoms with van der Waals surface area (Å²) in [5, 5.41) is 4.70. The summed E-state index contributed by atoms with van der Waals surface area (Å²) in [4.78, 5) is 12.8.